The van der Waals surface area contributed by atoms with E-state index < -0.39 is 20.7 Å². The highest BCUT2D eigenvalue weighted by Crippen LogP contribution is 2.17. The maximum absolute atomic E-state index is 11.9. The van der Waals surface area contributed by atoms with E-state index in [2.05, 4.69) is 4.72 Å². The fraction of sp³-hybridized carbons (Fsp3) is 0.917. The first-order valence-electron chi connectivity index (χ1n) is 6.16. The van der Waals surface area contributed by atoms with Crippen LogP contribution >= 0.6 is 0 Å². The second-order valence-electron chi connectivity index (χ2n) is 6.06. The first-order chi connectivity index (χ1) is 7.95. The van der Waals surface area contributed by atoms with Crippen LogP contribution in [-0.4, -0.2) is 30.8 Å². The summed E-state index contributed by atoms with van der Waals surface area (Å²) in [5.41, 5.74) is 0. The Morgan fingerprint density at radius 2 is 1.78 bits per heavy atom. The van der Waals surface area contributed by atoms with Crippen molar-refractivity contribution in [2.24, 2.45) is 11.8 Å². The van der Waals surface area contributed by atoms with E-state index in [1.165, 1.54) is 0 Å². The number of hydrogen-bond acceptors (Lipinski definition) is 3. The number of carboxylic acids is 1. The monoisotopic (exact) mass is 279 g/mol. The van der Waals surface area contributed by atoms with Crippen LogP contribution in [0.15, 0.2) is 0 Å². The van der Waals surface area contributed by atoms with Crippen molar-refractivity contribution >= 4 is 16.0 Å². The van der Waals surface area contributed by atoms with Crippen LogP contribution in [0.4, 0.5) is 0 Å². The van der Waals surface area contributed by atoms with E-state index in [4.69, 9.17) is 5.11 Å². The van der Waals surface area contributed by atoms with Crippen LogP contribution in [0.1, 0.15) is 47.5 Å². The van der Waals surface area contributed by atoms with Crippen LogP contribution in [0.25, 0.3) is 0 Å². The number of sulfonamides is 1. The lowest BCUT2D eigenvalue weighted by Crippen LogP contribution is -2.41. The van der Waals surface area contributed by atoms with Crippen molar-refractivity contribution in [3.63, 3.8) is 0 Å². The molecule has 0 aromatic heterocycles. The average Bonchev–Trinajstić information content (AvgIpc) is 2.10. The molecule has 0 aliphatic carbocycles. The van der Waals surface area contributed by atoms with Crippen molar-refractivity contribution in [1.82, 2.24) is 4.72 Å². The standard InChI is InChI=1S/C12H25NO4S/c1-9(2)6-10(7-11(14)15)8-13-18(16,17)12(3,4)5/h9-10,13H,6-8H2,1-5H3,(H,14,15)/t10-/m0/s1. The van der Waals surface area contributed by atoms with E-state index in [-0.39, 0.29) is 18.9 Å². The molecule has 5 nitrogen and oxygen atoms in total. The number of aliphatic carboxylic acids is 1. The Kier molecular flexibility index (Phi) is 6.29. The Bertz CT molecular complexity index is 368. The van der Waals surface area contributed by atoms with Crippen LogP contribution in [0.3, 0.4) is 0 Å². The van der Waals surface area contributed by atoms with E-state index in [1.54, 1.807) is 20.8 Å². The Hall–Kier alpha value is -0.620. The number of carboxylic acid groups (broad SMARTS) is 1. The second kappa shape index (κ2) is 6.52. The molecule has 0 fully saturated rings. The summed E-state index contributed by atoms with van der Waals surface area (Å²) in [5, 5.41) is 8.81. The summed E-state index contributed by atoms with van der Waals surface area (Å²) < 4.78 is 25.4. The lowest BCUT2D eigenvalue weighted by atomic mass is 9.94. The molecule has 6 heteroatoms. The van der Waals surface area contributed by atoms with E-state index in [0.717, 1.165) is 0 Å². The van der Waals surface area contributed by atoms with Gasteiger partial charge in [0.05, 0.1) is 4.75 Å². The Balaban J connectivity index is 4.57. The van der Waals surface area contributed by atoms with E-state index in [0.29, 0.717) is 12.3 Å². The predicted octanol–water partition coefficient (Wildman–Crippen LogP) is 1.84. The third kappa shape index (κ3) is 6.35. The zero-order valence-corrected chi connectivity index (χ0v) is 12.7. The summed E-state index contributed by atoms with van der Waals surface area (Å²) in [6.45, 7) is 9.02. The summed E-state index contributed by atoms with van der Waals surface area (Å²) in [6, 6.07) is 0. The van der Waals surface area contributed by atoms with Gasteiger partial charge >= 0.3 is 5.97 Å². The number of carbonyl (C=O) groups is 1. The molecular formula is C12H25NO4S. The van der Waals surface area contributed by atoms with Gasteiger partial charge < -0.3 is 5.11 Å². The van der Waals surface area contributed by atoms with E-state index in [1.807, 2.05) is 13.8 Å². The van der Waals surface area contributed by atoms with Gasteiger partial charge in [0.2, 0.25) is 10.0 Å². The third-order valence-corrected chi connectivity index (χ3v) is 4.80. The minimum atomic E-state index is -3.41. The normalized spacial score (nSPS) is 14.8. The number of nitrogens with one attached hydrogen (secondary N) is 1. The molecule has 2 N–H and O–H groups in total. The molecule has 1 atom stereocenters. The smallest absolute Gasteiger partial charge is 0.303 e. The van der Waals surface area contributed by atoms with Crippen LogP contribution in [0.5, 0.6) is 0 Å². The first kappa shape index (κ1) is 17.4. The van der Waals surface area contributed by atoms with Gasteiger partial charge in [-0.15, -0.1) is 0 Å². The minimum absolute atomic E-state index is 0.00908. The maximum atomic E-state index is 11.9. The van der Waals surface area contributed by atoms with Crippen molar-refractivity contribution in [3.05, 3.63) is 0 Å². The molecule has 0 aliphatic heterocycles. The summed E-state index contributed by atoms with van der Waals surface area (Å²) >= 11 is 0. The molecule has 0 unspecified atom stereocenters. The van der Waals surface area contributed by atoms with Gasteiger partial charge in [-0.1, -0.05) is 13.8 Å². The van der Waals surface area contributed by atoms with Crippen molar-refractivity contribution in [1.29, 1.82) is 0 Å². The van der Waals surface area contributed by atoms with Crippen LogP contribution in [0, 0.1) is 11.8 Å². The maximum Gasteiger partial charge on any atom is 0.303 e. The summed E-state index contributed by atoms with van der Waals surface area (Å²) in [5.74, 6) is -0.719. The molecule has 0 amide bonds. The second-order valence-corrected chi connectivity index (χ2v) is 8.58. The molecule has 0 aliphatic rings. The van der Waals surface area contributed by atoms with Crippen LogP contribution < -0.4 is 4.72 Å². The molecule has 0 saturated carbocycles. The van der Waals surface area contributed by atoms with Crippen LogP contribution in [-0.2, 0) is 14.8 Å². The molecule has 108 valence electrons. The van der Waals surface area contributed by atoms with Gasteiger partial charge in [-0.2, -0.15) is 0 Å². The Morgan fingerprint density at radius 3 is 2.11 bits per heavy atom. The van der Waals surface area contributed by atoms with Gasteiger partial charge in [-0.25, -0.2) is 13.1 Å². The first-order valence-corrected chi connectivity index (χ1v) is 7.65. The van der Waals surface area contributed by atoms with E-state index >= 15 is 0 Å². The van der Waals surface area contributed by atoms with Crippen molar-refractivity contribution in [3.8, 4) is 0 Å². The summed E-state index contributed by atoms with van der Waals surface area (Å²) in [4.78, 5) is 10.7. The molecule has 0 heterocycles. The topological polar surface area (TPSA) is 83.5 Å². The number of rotatable bonds is 7. The Labute approximate surface area is 110 Å². The lowest BCUT2D eigenvalue weighted by Gasteiger charge is -2.23. The molecule has 0 radical (unpaired) electrons. The molecule has 0 saturated heterocycles. The van der Waals surface area contributed by atoms with Crippen molar-refractivity contribution in [2.75, 3.05) is 6.54 Å². The molecule has 0 aromatic carbocycles. The fourth-order valence-corrected chi connectivity index (χ4v) is 2.48. The molecule has 0 rings (SSSR count). The van der Waals surface area contributed by atoms with Gasteiger partial charge in [0, 0.05) is 13.0 Å². The summed E-state index contributed by atoms with van der Waals surface area (Å²) in [7, 11) is -3.41. The Morgan fingerprint density at radius 1 is 1.28 bits per heavy atom. The zero-order chi connectivity index (χ0) is 14.6. The van der Waals surface area contributed by atoms with Gasteiger partial charge in [-0.05, 0) is 39.0 Å². The quantitative estimate of drug-likeness (QED) is 0.745. The molecule has 0 bridgehead atoms. The molecule has 0 aromatic rings. The van der Waals surface area contributed by atoms with E-state index in [9.17, 15) is 13.2 Å². The predicted molar refractivity (Wildman–Crippen MR) is 71.9 cm³/mol. The highest BCUT2D eigenvalue weighted by molar-refractivity contribution is 7.90. The van der Waals surface area contributed by atoms with Crippen LogP contribution in [0.2, 0.25) is 0 Å². The van der Waals surface area contributed by atoms with Crippen molar-refractivity contribution < 1.29 is 18.3 Å². The number of hydrogen-bond donors (Lipinski definition) is 2. The zero-order valence-electron chi connectivity index (χ0n) is 11.9. The van der Waals surface area contributed by atoms with Gasteiger partial charge in [0.25, 0.3) is 0 Å². The highest BCUT2D eigenvalue weighted by Gasteiger charge is 2.29. The molecule has 0 spiro atoms. The van der Waals surface area contributed by atoms with Gasteiger partial charge in [0.15, 0.2) is 0 Å². The molecular weight excluding hydrogens is 254 g/mol. The average molecular weight is 279 g/mol. The molecule has 18 heavy (non-hydrogen) atoms. The minimum Gasteiger partial charge on any atom is -0.481 e. The lowest BCUT2D eigenvalue weighted by molar-refractivity contribution is -0.138. The van der Waals surface area contributed by atoms with Crippen molar-refractivity contribution in [2.45, 2.75) is 52.2 Å². The fourth-order valence-electron chi connectivity index (χ4n) is 1.60. The largest absolute Gasteiger partial charge is 0.481 e. The van der Waals surface area contributed by atoms with Gasteiger partial charge in [-0.3, -0.25) is 4.79 Å². The summed E-state index contributed by atoms with van der Waals surface area (Å²) in [6.07, 6.45) is 0.684. The SMILES string of the molecule is CC(C)C[C@H](CNS(=O)(=O)C(C)(C)C)CC(=O)O. The third-order valence-electron chi connectivity index (χ3n) is 2.64. The highest BCUT2D eigenvalue weighted by atomic mass is 32.2. The van der Waals surface area contributed by atoms with Gasteiger partial charge in [0.1, 0.15) is 0 Å².